The van der Waals surface area contributed by atoms with E-state index in [0.29, 0.717) is 0 Å². The van der Waals surface area contributed by atoms with Crippen LogP contribution in [-0.4, -0.2) is 23.0 Å². The van der Waals surface area contributed by atoms with Crippen molar-refractivity contribution in [2.45, 2.75) is 13.1 Å². The van der Waals surface area contributed by atoms with Crippen molar-refractivity contribution in [2.75, 3.05) is 0 Å². The molecule has 0 saturated carbocycles. The lowest BCUT2D eigenvalue weighted by molar-refractivity contribution is -0.192. The molecule has 0 bridgehead atoms. The number of ketones is 1. The first-order valence-corrected chi connectivity index (χ1v) is 2.42. The molecule has 0 aromatic rings. The number of rotatable bonds is 0. The van der Waals surface area contributed by atoms with E-state index in [-0.39, 0.29) is 0 Å². The molecule has 0 aromatic carbocycles. The third-order valence-corrected chi connectivity index (χ3v) is 0.400. The van der Waals surface area contributed by atoms with Crippen LogP contribution in [0.1, 0.15) is 6.92 Å². The maximum Gasteiger partial charge on any atom is 0.490 e. The van der Waals surface area contributed by atoms with E-state index >= 15 is 0 Å². The van der Waals surface area contributed by atoms with E-state index < -0.39 is 17.9 Å². The van der Waals surface area contributed by atoms with Crippen molar-refractivity contribution < 1.29 is 27.9 Å². The molecule has 68 valence electrons. The van der Waals surface area contributed by atoms with Crippen LogP contribution in [-0.2, 0) is 9.59 Å². The number of aliphatic carboxylic acids is 1. The highest BCUT2D eigenvalue weighted by atomic mass is 19.4. The van der Waals surface area contributed by atoms with Crippen LogP contribution in [0.4, 0.5) is 13.2 Å². The van der Waals surface area contributed by atoms with Gasteiger partial charge in [0, 0.05) is 6.92 Å². The van der Waals surface area contributed by atoms with Gasteiger partial charge in [0.15, 0.2) is 0 Å². The molecule has 0 fully saturated rings. The summed E-state index contributed by atoms with van der Waals surface area (Å²) in [5.74, 6) is -3.20. The standard InChI is InChI=1S/C3H3NO.C2HF3O2/c1-3(5)2-4;3-2(4,5)1(6)7/h1H3;(H,6,7). The first kappa shape index (κ1) is 13.0. The van der Waals surface area contributed by atoms with Gasteiger partial charge in [-0.1, -0.05) is 0 Å². The second-order valence-electron chi connectivity index (χ2n) is 1.47. The molecule has 0 atom stereocenters. The Morgan fingerprint density at radius 2 is 1.58 bits per heavy atom. The Kier molecular flexibility index (Phi) is 5.57. The molecule has 1 N–H and O–H groups in total. The average Bonchev–Trinajstić information content (AvgIpc) is 1.87. The van der Waals surface area contributed by atoms with Gasteiger partial charge in [-0.3, -0.25) is 4.79 Å². The molecule has 0 aliphatic carbocycles. The van der Waals surface area contributed by atoms with Crippen molar-refractivity contribution in [3.63, 3.8) is 0 Å². The van der Waals surface area contributed by atoms with Gasteiger partial charge in [-0.05, 0) is 0 Å². The Labute approximate surface area is 65.2 Å². The molecule has 7 heteroatoms. The van der Waals surface area contributed by atoms with Crippen LogP contribution in [0, 0.1) is 11.3 Å². The molecule has 0 heterocycles. The summed E-state index contributed by atoms with van der Waals surface area (Å²) in [6.07, 6.45) is -5.08. The molecule has 0 radical (unpaired) electrons. The molecule has 0 aromatic heterocycles. The summed E-state index contributed by atoms with van der Waals surface area (Å²) in [6, 6.07) is 1.39. The lowest BCUT2D eigenvalue weighted by Gasteiger charge is -1.93. The van der Waals surface area contributed by atoms with Gasteiger partial charge in [-0.2, -0.15) is 18.4 Å². The number of hydrogen-bond acceptors (Lipinski definition) is 3. The van der Waals surface area contributed by atoms with E-state index in [4.69, 9.17) is 15.2 Å². The maximum atomic E-state index is 10.6. The molecule has 12 heavy (non-hydrogen) atoms. The fourth-order valence-electron chi connectivity index (χ4n) is 0. The lowest BCUT2D eigenvalue weighted by atomic mass is 10.5. The number of hydrogen-bond donors (Lipinski definition) is 1. The van der Waals surface area contributed by atoms with Crippen molar-refractivity contribution in [3.8, 4) is 6.07 Å². The third-order valence-electron chi connectivity index (χ3n) is 0.400. The Balaban J connectivity index is 0. The van der Waals surface area contributed by atoms with Crippen molar-refractivity contribution in [1.82, 2.24) is 0 Å². The van der Waals surface area contributed by atoms with Crippen LogP contribution in [0.5, 0.6) is 0 Å². The topological polar surface area (TPSA) is 78.2 Å². The average molecular weight is 183 g/mol. The fraction of sp³-hybridized carbons (Fsp3) is 0.400. The number of carboxylic acid groups (broad SMARTS) is 1. The zero-order valence-corrected chi connectivity index (χ0v) is 5.84. The molecular weight excluding hydrogens is 179 g/mol. The minimum absolute atomic E-state index is 0.440. The number of carbonyl (C=O) groups excluding carboxylic acids is 1. The van der Waals surface area contributed by atoms with Crippen molar-refractivity contribution in [1.29, 1.82) is 5.26 Å². The first-order chi connectivity index (χ1) is 5.21. The molecular formula is C5H4F3NO3. The van der Waals surface area contributed by atoms with E-state index in [1.165, 1.54) is 13.0 Å². The molecule has 0 aliphatic rings. The van der Waals surface area contributed by atoms with Crippen LogP contribution in [0.2, 0.25) is 0 Å². The largest absolute Gasteiger partial charge is 0.490 e. The van der Waals surface area contributed by atoms with Crippen molar-refractivity contribution >= 4 is 11.8 Å². The van der Waals surface area contributed by atoms with Gasteiger partial charge < -0.3 is 5.11 Å². The zero-order chi connectivity index (χ0) is 10.4. The summed E-state index contributed by atoms with van der Waals surface area (Å²) in [6.45, 7) is 1.22. The molecule has 0 saturated heterocycles. The van der Waals surface area contributed by atoms with E-state index in [1.54, 1.807) is 0 Å². The predicted molar refractivity (Wildman–Crippen MR) is 30.0 cm³/mol. The van der Waals surface area contributed by atoms with Gasteiger partial charge in [0.2, 0.25) is 5.78 Å². The fourth-order valence-corrected chi connectivity index (χ4v) is 0. The van der Waals surface area contributed by atoms with Crippen molar-refractivity contribution in [2.24, 2.45) is 0 Å². The number of carbonyl (C=O) groups is 2. The summed E-state index contributed by atoms with van der Waals surface area (Å²) in [5.41, 5.74) is 0. The maximum absolute atomic E-state index is 10.6. The zero-order valence-electron chi connectivity index (χ0n) is 5.84. The van der Waals surface area contributed by atoms with E-state index in [1.807, 2.05) is 0 Å². The Morgan fingerprint density at radius 1 is 1.42 bits per heavy atom. The summed E-state index contributed by atoms with van der Waals surface area (Å²) in [5, 5.41) is 14.7. The number of halogens is 3. The van der Waals surface area contributed by atoms with Crippen LogP contribution in [0.25, 0.3) is 0 Å². The molecule has 0 spiro atoms. The first-order valence-electron chi connectivity index (χ1n) is 2.42. The molecule has 4 nitrogen and oxygen atoms in total. The molecule has 0 amide bonds. The van der Waals surface area contributed by atoms with E-state index in [9.17, 15) is 18.0 Å². The van der Waals surface area contributed by atoms with Gasteiger partial charge in [0.25, 0.3) is 0 Å². The van der Waals surface area contributed by atoms with Crippen molar-refractivity contribution in [3.05, 3.63) is 0 Å². The number of Topliss-reactive ketones (excluding diaryl/α,β-unsaturated/α-hetero) is 1. The van der Waals surface area contributed by atoms with E-state index in [2.05, 4.69) is 0 Å². The summed E-state index contributed by atoms with van der Waals surface area (Å²) in [7, 11) is 0. The van der Waals surface area contributed by atoms with Gasteiger partial charge >= 0.3 is 12.1 Å². The number of alkyl halides is 3. The Hall–Kier alpha value is -1.58. The molecule has 0 aliphatic heterocycles. The third kappa shape index (κ3) is 11.2. The van der Waals surface area contributed by atoms with E-state index in [0.717, 1.165) is 0 Å². The van der Waals surface area contributed by atoms with Crippen LogP contribution in [0.3, 0.4) is 0 Å². The molecule has 0 rings (SSSR count). The quantitative estimate of drug-likeness (QED) is 0.561. The highest BCUT2D eigenvalue weighted by Crippen LogP contribution is 2.13. The Morgan fingerprint density at radius 3 is 1.58 bits per heavy atom. The Bertz CT molecular complexity index is 215. The summed E-state index contributed by atoms with van der Waals surface area (Å²) < 4.78 is 31.7. The normalized spacial score (nSPS) is 8.92. The van der Waals surface area contributed by atoms with Gasteiger partial charge in [0.1, 0.15) is 6.07 Å². The van der Waals surface area contributed by atoms with Gasteiger partial charge in [-0.15, -0.1) is 0 Å². The van der Waals surface area contributed by atoms with Gasteiger partial charge in [0.05, 0.1) is 0 Å². The SMILES string of the molecule is CC(=O)C#N.O=C(O)C(F)(F)F. The summed E-state index contributed by atoms with van der Waals surface area (Å²) >= 11 is 0. The highest BCUT2D eigenvalue weighted by molar-refractivity contribution is 5.90. The second-order valence-corrected chi connectivity index (χ2v) is 1.47. The monoisotopic (exact) mass is 183 g/mol. The lowest BCUT2D eigenvalue weighted by Crippen LogP contribution is -2.21. The van der Waals surface area contributed by atoms with Gasteiger partial charge in [-0.25, -0.2) is 4.79 Å². The second kappa shape index (κ2) is 5.12. The number of nitrogens with zero attached hydrogens (tertiary/aromatic N) is 1. The minimum atomic E-state index is -5.08. The number of carboxylic acids is 1. The minimum Gasteiger partial charge on any atom is -0.475 e. The smallest absolute Gasteiger partial charge is 0.475 e. The van der Waals surface area contributed by atoms with Crippen LogP contribution >= 0.6 is 0 Å². The van der Waals surface area contributed by atoms with Crippen LogP contribution < -0.4 is 0 Å². The summed E-state index contributed by atoms with van der Waals surface area (Å²) in [4.78, 5) is 18.3. The predicted octanol–water partition coefficient (Wildman–Crippen LogP) is 0.732. The number of nitriles is 1. The molecule has 0 unspecified atom stereocenters. The highest BCUT2D eigenvalue weighted by Gasteiger charge is 2.38. The van der Waals surface area contributed by atoms with Crippen LogP contribution in [0.15, 0.2) is 0 Å².